The molecular weight excluding hydrogens is 142 g/mol. The van der Waals surface area contributed by atoms with Crippen molar-refractivity contribution in [3.05, 3.63) is 30.9 Å². The van der Waals surface area contributed by atoms with Crippen LogP contribution in [0.2, 0.25) is 0 Å². The van der Waals surface area contributed by atoms with Gasteiger partial charge < -0.3 is 10.3 Å². The van der Waals surface area contributed by atoms with E-state index in [-0.39, 0.29) is 0 Å². The fourth-order valence-corrected chi connectivity index (χ4v) is 0.685. The second-order valence-corrected chi connectivity index (χ2v) is 2.06. The highest BCUT2D eigenvalue weighted by atomic mass is 16.1. The van der Waals surface area contributed by atoms with E-state index in [0.29, 0.717) is 6.54 Å². The lowest BCUT2D eigenvalue weighted by Gasteiger charge is -1.91. The lowest BCUT2D eigenvalue weighted by Crippen LogP contribution is -2.06. The zero-order valence-electron chi connectivity index (χ0n) is 5.97. The van der Waals surface area contributed by atoms with Gasteiger partial charge in [-0.1, -0.05) is 6.08 Å². The molecule has 4 heteroatoms. The van der Waals surface area contributed by atoms with Gasteiger partial charge in [-0.25, -0.2) is 4.98 Å². The van der Waals surface area contributed by atoms with Crippen molar-refractivity contribution in [2.75, 3.05) is 0 Å². The zero-order valence-corrected chi connectivity index (χ0v) is 5.97. The predicted octanol–water partition coefficient (Wildman–Crippen LogP) is -0.0754. The molecule has 1 amide bonds. The number of allylic oxidation sites excluding steroid dienone is 1. The van der Waals surface area contributed by atoms with E-state index >= 15 is 0 Å². The maximum absolute atomic E-state index is 10.2. The molecule has 0 atom stereocenters. The van der Waals surface area contributed by atoms with E-state index in [0.717, 1.165) is 0 Å². The maximum Gasteiger partial charge on any atom is 0.241 e. The first kappa shape index (κ1) is 7.53. The monoisotopic (exact) mass is 151 g/mol. The topological polar surface area (TPSA) is 60.9 Å². The van der Waals surface area contributed by atoms with Gasteiger partial charge in [-0.3, -0.25) is 4.79 Å². The van der Waals surface area contributed by atoms with Gasteiger partial charge in [-0.2, -0.15) is 0 Å². The third-order valence-corrected chi connectivity index (χ3v) is 1.16. The Morgan fingerprint density at radius 2 is 2.55 bits per heavy atom. The molecule has 0 radical (unpaired) electrons. The van der Waals surface area contributed by atoms with Crippen LogP contribution in [0.3, 0.4) is 0 Å². The summed E-state index contributed by atoms with van der Waals surface area (Å²) in [4.78, 5) is 14.1. The summed E-state index contributed by atoms with van der Waals surface area (Å²) < 4.78 is 1.83. The maximum atomic E-state index is 10.2. The number of imidazole rings is 1. The van der Waals surface area contributed by atoms with E-state index in [1.165, 1.54) is 6.08 Å². The fourth-order valence-electron chi connectivity index (χ4n) is 0.685. The minimum Gasteiger partial charge on any atom is -0.366 e. The molecule has 0 saturated carbocycles. The Labute approximate surface area is 64.3 Å². The quantitative estimate of drug-likeness (QED) is 0.614. The number of carbonyl (C=O) groups excluding carboxylic acids is 1. The number of carbonyl (C=O) groups is 1. The fraction of sp³-hybridized carbons (Fsp3) is 0.143. The molecule has 0 bridgehead atoms. The van der Waals surface area contributed by atoms with Crippen LogP contribution in [0.15, 0.2) is 30.9 Å². The molecular formula is C7H9N3O. The number of hydrogen-bond acceptors (Lipinski definition) is 2. The summed E-state index contributed by atoms with van der Waals surface area (Å²) in [5.74, 6) is -0.426. The van der Waals surface area contributed by atoms with Crippen LogP contribution in [0.4, 0.5) is 0 Å². The summed E-state index contributed by atoms with van der Waals surface area (Å²) >= 11 is 0. The molecule has 0 aliphatic heterocycles. The Balaban J connectivity index is 2.40. The average molecular weight is 151 g/mol. The summed E-state index contributed by atoms with van der Waals surface area (Å²) in [5.41, 5.74) is 4.88. The van der Waals surface area contributed by atoms with Crippen LogP contribution in [0, 0.1) is 0 Å². The summed E-state index contributed by atoms with van der Waals surface area (Å²) in [6, 6.07) is 0. The van der Waals surface area contributed by atoms with E-state index in [4.69, 9.17) is 5.73 Å². The van der Waals surface area contributed by atoms with Gasteiger partial charge >= 0.3 is 0 Å². The number of amides is 1. The van der Waals surface area contributed by atoms with Crippen molar-refractivity contribution in [2.45, 2.75) is 6.54 Å². The molecule has 0 aliphatic carbocycles. The molecule has 0 spiro atoms. The average Bonchev–Trinajstić information content (AvgIpc) is 2.39. The van der Waals surface area contributed by atoms with Gasteiger partial charge in [0, 0.05) is 25.0 Å². The number of rotatable bonds is 3. The van der Waals surface area contributed by atoms with E-state index in [2.05, 4.69) is 4.98 Å². The Morgan fingerprint density at radius 3 is 3.09 bits per heavy atom. The largest absolute Gasteiger partial charge is 0.366 e. The molecule has 0 aromatic carbocycles. The van der Waals surface area contributed by atoms with Gasteiger partial charge in [0.25, 0.3) is 0 Å². The first-order chi connectivity index (χ1) is 5.29. The number of primary amides is 1. The minimum absolute atomic E-state index is 0.426. The van der Waals surface area contributed by atoms with E-state index in [9.17, 15) is 4.79 Å². The smallest absolute Gasteiger partial charge is 0.241 e. The van der Waals surface area contributed by atoms with Crippen molar-refractivity contribution in [1.29, 1.82) is 0 Å². The molecule has 1 aromatic rings. The van der Waals surface area contributed by atoms with Crippen molar-refractivity contribution in [3.63, 3.8) is 0 Å². The zero-order chi connectivity index (χ0) is 8.10. The van der Waals surface area contributed by atoms with E-state index in [1.807, 2.05) is 10.8 Å². The minimum atomic E-state index is -0.426. The molecule has 1 rings (SSSR count). The van der Waals surface area contributed by atoms with Crippen molar-refractivity contribution >= 4 is 5.91 Å². The van der Waals surface area contributed by atoms with E-state index < -0.39 is 5.91 Å². The first-order valence-corrected chi connectivity index (χ1v) is 3.21. The molecule has 0 fully saturated rings. The molecule has 11 heavy (non-hydrogen) atoms. The van der Waals surface area contributed by atoms with Gasteiger partial charge in [0.1, 0.15) is 0 Å². The van der Waals surface area contributed by atoms with Gasteiger partial charge in [0.2, 0.25) is 5.91 Å². The molecule has 2 N–H and O–H groups in total. The standard InChI is InChI=1S/C7H9N3O/c8-7(11)2-1-4-10-5-3-9-6-10/h1-3,5-6H,4H2,(H2,8,11). The second kappa shape index (κ2) is 3.55. The van der Waals surface area contributed by atoms with Crippen LogP contribution in [-0.2, 0) is 11.3 Å². The normalized spacial score (nSPS) is 10.5. The van der Waals surface area contributed by atoms with Gasteiger partial charge in [0.05, 0.1) is 6.33 Å². The summed E-state index contributed by atoms with van der Waals surface area (Å²) in [5, 5.41) is 0. The van der Waals surface area contributed by atoms with Crippen LogP contribution in [0.1, 0.15) is 0 Å². The third kappa shape index (κ3) is 2.66. The highest BCUT2D eigenvalue weighted by Gasteiger charge is 1.84. The van der Waals surface area contributed by atoms with Crippen LogP contribution < -0.4 is 5.73 Å². The molecule has 0 aliphatic rings. The molecule has 1 heterocycles. The Kier molecular flexibility index (Phi) is 2.43. The Hall–Kier alpha value is -1.58. The molecule has 1 aromatic heterocycles. The van der Waals surface area contributed by atoms with Gasteiger partial charge in [0.15, 0.2) is 0 Å². The Bertz CT molecular complexity index is 251. The number of aromatic nitrogens is 2. The van der Waals surface area contributed by atoms with Crippen molar-refractivity contribution < 1.29 is 4.79 Å². The second-order valence-electron chi connectivity index (χ2n) is 2.06. The number of hydrogen-bond donors (Lipinski definition) is 1. The predicted molar refractivity (Wildman–Crippen MR) is 40.6 cm³/mol. The first-order valence-electron chi connectivity index (χ1n) is 3.21. The van der Waals surface area contributed by atoms with Crippen LogP contribution in [-0.4, -0.2) is 15.5 Å². The van der Waals surface area contributed by atoms with Crippen molar-refractivity contribution in [1.82, 2.24) is 9.55 Å². The Morgan fingerprint density at radius 1 is 1.73 bits per heavy atom. The number of nitrogens with zero attached hydrogens (tertiary/aromatic N) is 2. The molecule has 0 unspecified atom stereocenters. The highest BCUT2D eigenvalue weighted by molar-refractivity contribution is 5.85. The van der Waals surface area contributed by atoms with Crippen molar-refractivity contribution in [2.24, 2.45) is 5.73 Å². The van der Waals surface area contributed by atoms with Crippen LogP contribution in [0.25, 0.3) is 0 Å². The highest BCUT2D eigenvalue weighted by Crippen LogP contribution is 1.85. The van der Waals surface area contributed by atoms with E-state index in [1.54, 1.807) is 18.6 Å². The van der Waals surface area contributed by atoms with Gasteiger partial charge in [-0.05, 0) is 0 Å². The third-order valence-electron chi connectivity index (χ3n) is 1.16. The SMILES string of the molecule is NC(=O)C=CCn1ccnc1. The van der Waals surface area contributed by atoms with Crippen LogP contribution >= 0.6 is 0 Å². The summed E-state index contributed by atoms with van der Waals surface area (Å²) in [6.45, 7) is 0.628. The number of nitrogens with two attached hydrogens (primary N) is 1. The van der Waals surface area contributed by atoms with Gasteiger partial charge in [-0.15, -0.1) is 0 Å². The summed E-state index contributed by atoms with van der Waals surface area (Å²) in [7, 11) is 0. The summed E-state index contributed by atoms with van der Waals surface area (Å²) in [6.07, 6.45) is 8.18. The lowest BCUT2D eigenvalue weighted by molar-refractivity contribution is -0.113. The molecule has 0 saturated heterocycles. The van der Waals surface area contributed by atoms with Crippen LogP contribution in [0.5, 0.6) is 0 Å². The molecule has 4 nitrogen and oxygen atoms in total. The molecule has 58 valence electrons. The van der Waals surface area contributed by atoms with Crippen molar-refractivity contribution in [3.8, 4) is 0 Å². The lowest BCUT2D eigenvalue weighted by atomic mass is 10.5.